The predicted molar refractivity (Wildman–Crippen MR) is 78.3 cm³/mol. The molecule has 0 saturated carbocycles. The third-order valence-corrected chi connectivity index (χ3v) is 4.66. The molecule has 0 aliphatic heterocycles. The van der Waals surface area contributed by atoms with E-state index >= 15 is 0 Å². The molecule has 0 saturated heterocycles. The lowest BCUT2D eigenvalue weighted by Crippen LogP contribution is -2.21. The van der Waals surface area contributed by atoms with Crippen molar-refractivity contribution < 1.29 is 31.2 Å². The van der Waals surface area contributed by atoms with Gasteiger partial charge in [0.05, 0.1) is 0 Å². The summed E-state index contributed by atoms with van der Waals surface area (Å²) in [7, 11) is -6.15. The normalized spacial score (nSPS) is 13.4. The molecule has 0 spiro atoms. The molecule has 0 amide bonds. The van der Waals surface area contributed by atoms with Crippen LogP contribution in [-0.2, 0) is 21.0 Å². The highest BCUT2D eigenvalue weighted by Crippen LogP contribution is 2.23. The van der Waals surface area contributed by atoms with Gasteiger partial charge in [-0.15, -0.1) is 0 Å². The van der Waals surface area contributed by atoms with Gasteiger partial charge in [-0.3, -0.25) is 0 Å². The van der Waals surface area contributed by atoms with Gasteiger partial charge in [0.2, 0.25) is 5.94 Å². The van der Waals surface area contributed by atoms with Crippen LogP contribution in [0.5, 0.6) is 0 Å². The molecule has 1 unspecified atom stereocenters. The lowest BCUT2D eigenvalue weighted by Gasteiger charge is -2.08. The first-order valence-corrected chi connectivity index (χ1v) is 9.02. The molecule has 2 rings (SSSR count). The molecular formula is C13H13F3O4S2. The number of benzene rings is 2. The summed E-state index contributed by atoms with van der Waals surface area (Å²) in [5.41, 5.74) is -5.65. The Morgan fingerprint density at radius 1 is 1.14 bits per heavy atom. The third kappa shape index (κ3) is 4.87. The minimum Gasteiger partial charge on any atom is -0.741 e. The topological polar surface area (TPSA) is 77.4 Å². The number of aliphatic hydroxyl groups excluding tert-OH is 1. The van der Waals surface area contributed by atoms with Crippen molar-refractivity contribution in [1.82, 2.24) is 0 Å². The van der Waals surface area contributed by atoms with Gasteiger partial charge in [-0.05, 0) is 17.5 Å². The Balaban J connectivity index is 0.000000261. The maximum absolute atomic E-state index is 10.7. The average molecular weight is 354 g/mol. The fraction of sp³-hybridized carbons (Fsp3) is 0.231. The largest absolute Gasteiger partial charge is 0.741 e. The molecule has 9 heteroatoms. The van der Waals surface area contributed by atoms with Gasteiger partial charge in [-0.2, -0.15) is 13.2 Å². The highest BCUT2D eigenvalue weighted by Gasteiger charge is 2.36. The SMILES string of the molecule is C[S+](CO)c1cccc2ccccc12.O=S(=O)([O-])C(F)(F)F. The molecular weight excluding hydrogens is 341 g/mol. The summed E-state index contributed by atoms with van der Waals surface area (Å²) in [5.74, 6) is 0.230. The van der Waals surface area contributed by atoms with Crippen LogP contribution in [0.2, 0.25) is 0 Å². The molecule has 0 bridgehead atoms. The van der Waals surface area contributed by atoms with Gasteiger partial charge in [-0.25, -0.2) is 8.42 Å². The summed E-state index contributed by atoms with van der Waals surface area (Å²) in [4.78, 5) is 1.26. The van der Waals surface area contributed by atoms with Crippen LogP contribution in [0, 0.1) is 0 Å². The number of alkyl halides is 3. The molecule has 0 heterocycles. The maximum atomic E-state index is 10.7. The summed E-state index contributed by atoms with van der Waals surface area (Å²) in [5, 5.41) is 11.7. The fourth-order valence-corrected chi connectivity index (χ4v) is 2.58. The zero-order valence-electron chi connectivity index (χ0n) is 11.4. The van der Waals surface area contributed by atoms with Crippen molar-refractivity contribution in [2.75, 3.05) is 12.2 Å². The zero-order chi connectivity index (χ0) is 17.0. The minimum atomic E-state index is -6.09. The molecule has 122 valence electrons. The molecule has 22 heavy (non-hydrogen) atoms. The average Bonchev–Trinajstić information content (AvgIpc) is 2.44. The fourth-order valence-electron chi connectivity index (χ4n) is 1.57. The monoisotopic (exact) mass is 354 g/mol. The van der Waals surface area contributed by atoms with Gasteiger partial charge in [0.1, 0.15) is 6.26 Å². The number of halogens is 3. The lowest BCUT2D eigenvalue weighted by atomic mass is 10.1. The van der Waals surface area contributed by atoms with E-state index in [1.807, 2.05) is 12.1 Å². The first-order chi connectivity index (χ1) is 10.1. The van der Waals surface area contributed by atoms with E-state index in [2.05, 4.69) is 36.6 Å². The zero-order valence-corrected chi connectivity index (χ0v) is 13.0. The van der Waals surface area contributed by atoms with Gasteiger partial charge in [0.25, 0.3) is 0 Å². The highest BCUT2D eigenvalue weighted by atomic mass is 32.2. The van der Waals surface area contributed by atoms with Crippen LogP contribution in [-0.4, -0.2) is 35.8 Å². The Hall–Kier alpha value is -1.29. The maximum Gasteiger partial charge on any atom is 0.485 e. The smallest absolute Gasteiger partial charge is 0.485 e. The van der Waals surface area contributed by atoms with E-state index in [9.17, 15) is 13.2 Å². The Kier molecular flexibility index (Phi) is 6.24. The molecule has 2 aromatic rings. The molecule has 0 aliphatic carbocycles. The number of hydrogen-bond acceptors (Lipinski definition) is 4. The summed E-state index contributed by atoms with van der Waals surface area (Å²) in [6.45, 7) is 0. The van der Waals surface area contributed by atoms with Gasteiger partial charge in [-0.1, -0.05) is 30.3 Å². The van der Waals surface area contributed by atoms with Gasteiger partial charge < -0.3 is 9.66 Å². The molecule has 0 fully saturated rings. The standard InChI is InChI=1S/C12H13OS.CHF3O3S/c1-14(9-13)12-8-4-6-10-5-2-3-7-11(10)12;2-1(3,4)8(5,6)7/h2-8,13H,9H2,1H3;(H,5,6,7)/q+1;/p-1. The van der Waals surface area contributed by atoms with Crippen LogP contribution < -0.4 is 0 Å². The van der Waals surface area contributed by atoms with Crippen molar-refractivity contribution in [1.29, 1.82) is 0 Å². The Morgan fingerprint density at radius 3 is 2.14 bits per heavy atom. The molecule has 1 N–H and O–H groups in total. The van der Waals surface area contributed by atoms with Crippen molar-refractivity contribution in [3.05, 3.63) is 42.5 Å². The summed E-state index contributed by atoms with van der Waals surface area (Å²) in [6.07, 6.45) is 2.07. The summed E-state index contributed by atoms with van der Waals surface area (Å²) >= 11 is 0. The van der Waals surface area contributed by atoms with Crippen molar-refractivity contribution in [2.45, 2.75) is 10.4 Å². The van der Waals surface area contributed by atoms with E-state index in [0.717, 1.165) is 0 Å². The number of hydrogen-bond donors (Lipinski definition) is 1. The van der Waals surface area contributed by atoms with Crippen LogP contribution >= 0.6 is 0 Å². The van der Waals surface area contributed by atoms with Crippen LogP contribution in [0.25, 0.3) is 10.8 Å². The minimum absolute atomic E-state index is 0.0594. The molecule has 4 nitrogen and oxygen atoms in total. The Bertz CT molecular complexity index is 724. The molecule has 0 radical (unpaired) electrons. The van der Waals surface area contributed by atoms with E-state index in [1.165, 1.54) is 15.7 Å². The molecule has 2 aromatic carbocycles. The highest BCUT2D eigenvalue weighted by molar-refractivity contribution is 7.96. The second kappa shape index (κ2) is 7.32. The lowest BCUT2D eigenvalue weighted by molar-refractivity contribution is -0.0517. The molecule has 1 atom stereocenters. The van der Waals surface area contributed by atoms with E-state index in [1.54, 1.807) is 0 Å². The quantitative estimate of drug-likeness (QED) is 0.510. The Morgan fingerprint density at radius 2 is 1.64 bits per heavy atom. The van der Waals surface area contributed by atoms with Crippen LogP contribution in [0.1, 0.15) is 0 Å². The van der Waals surface area contributed by atoms with Crippen molar-refractivity contribution >= 4 is 31.8 Å². The second-order valence-electron chi connectivity index (χ2n) is 4.14. The van der Waals surface area contributed by atoms with Crippen molar-refractivity contribution in [3.63, 3.8) is 0 Å². The van der Waals surface area contributed by atoms with E-state index in [-0.39, 0.29) is 16.8 Å². The second-order valence-corrected chi connectivity index (χ2v) is 7.49. The Labute approximate surface area is 128 Å². The first kappa shape index (κ1) is 18.8. The van der Waals surface area contributed by atoms with Gasteiger partial charge in [0, 0.05) is 16.3 Å². The number of aliphatic hydroxyl groups is 1. The molecule has 0 aromatic heterocycles. The van der Waals surface area contributed by atoms with Crippen LogP contribution in [0.3, 0.4) is 0 Å². The van der Waals surface area contributed by atoms with Crippen molar-refractivity contribution in [2.24, 2.45) is 0 Å². The van der Waals surface area contributed by atoms with Crippen molar-refractivity contribution in [3.8, 4) is 0 Å². The van der Waals surface area contributed by atoms with E-state index in [4.69, 9.17) is 18.1 Å². The van der Waals surface area contributed by atoms with Gasteiger partial charge >= 0.3 is 5.51 Å². The van der Waals surface area contributed by atoms with Gasteiger partial charge in [0.15, 0.2) is 15.0 Å². The number of rotatable bonds is 2. The summed E-state index contributed by atoms with van der Waals surface area (Å²) < 4.78 is 58.9. The van der Waals surface area contributed by atoms with E-state index < -0.39 is 15.6 Å². The third-order valence-electron chi connectivity index (χ3n) is 2.60. The van der Waals surface area contributed by atoms with E-state index in [0.29, 0.717) is 0 Å². The van der Waals surface area contributed by atoms with Crippen LogP contribution in [0.4, 0.5) is 13.2 Å². The number of fused-ring (bicyclic) bond motifs is 1. The molecule has 0 aliphatic rings. The predicted octanol–water partition coefficient (Wildman–Crippen LogP) is 2.45. The first-order valence-electron chi connectivity index (χ1n) is 5.81. The summed E-state index contributed by atoms with van der Waals surface area (Å²) in [6, 6.07) is 14.6. The van der Waals surface area contributed by atoms with Crippen LogP contribution in [0.15, 0.2) is 47.4 Å².